The van der Waals surface area contributed by atoms with E-state index in [1.807, 2.05) is 36.4 Å². The maximum Gasteiger partial charge on any atom is 0.407 e. The largest absolute Gasteiger partial charge is 0.465 e. The third-order valence-corrected chi connectivity index (χ3v) is 6.47. The van der Waals surface area contributed by atoms with Gasteiger partial charge in [-0.15, -0.1) is 0 Å². The molecule has 0 radical (unpaired) electrons. The number of hydrogen-bond donors (Lipinski definition) is 2. The molecule has 1 atom stereocenters. The van der Waals surface area contributed by atoms with E-state index in [0.29, 0.717) is 22.6 Å². The molecule has 3 aromatic rings. The Morgan fingerprint density at radius 3 is 2.24 bits per heavy atom. The van der Waals surface area contributed by atoms with E-state index in [1.165, 1.54) is 15.9 Å². The van der Waals surface area contributed by atoms with Crippen molar-refractivity contribution in [2.24, 2.45) is 0 Å². The first-order chi connectivity index (χ1) is 20.0. The summed E-state index contributed by atoms with van der Waals surface area (Å²) in [5, 5.41) is 12.0. The fraction of sp³-hybridized carbons (Fsp3) is 0.367. The number of carbonyl (C=O) groups excluding carboxylic acids is 3. The van der Waals surface area contributed by atoms with E-state index in [2.05, 4.69) is 20.3 Å². The predicted molar refractivity (Wildman–Crippen MR) is 153 cm³/mol. The Morgan fingerprint density at radius 1 is 0.952 bits per heavy atom. The molecule has 3 amide bonds. The molecule has 2 N–H and O–H groups in total. The zero-order valence-electron chi connectivity index (χ0n) is 23.8. The molecule has 0 aliphatic carbocycles. The minimum Gasteiger partial charge on any atom is -0.465 e. The molecule has 12 heteroatoms. The van der Waals surface area contributed by atoms with Crippen LogP contribution in [0.1, 0.15) is 44.1 Å². The average molecular weight is 575 g/mol. The first kappa shape index (κ1) is 30.1. The summed E-state index contributed by atoms with van der Waals surface area (Å²) in [6, 6.07) is 13.2. The standard InChI is InChI=1S/C30H34N6O6/c1-30(2,3)42-25(37)12-11-22(28(39)35-14-16-36(17-15-35)29(40)41)34-27(38)24-18-23(21-10-7-13-31-19-21)32-26(33-24)20-8-5-4-6-9-20/h4-10,13,18-19,22H,11-12,14-17H2,1-3H3,(H,34,38)(H,40,41)/t22-/m0/s1. The van der Waals surface area contributed by atoms with Gasteiger partial charge in [-0.2, -0.15) is 0 Å². The number of aromatic nitrogens is 3. The number of rotatable bonds is 8. The van der Waals surface area contributed by atoms with Crippen LogP contribution in [0.2, 0.25) is 0 Å². The Labute approximate surface area is 243 Å². The smallest absolute Gasteiger partial charge is 0.407 e. The lowest BCUT2D eigenvalue weighted by Gasteiger charge is -2.35. The zero-order valence-corrected chi connectivity index (χ0v) is 23.8. The van der Waals surface area contributed by atoms with Crippen molar-refractivity contribution < 1.29 is 29.0 Å². The van der Waals surface area contributed by atoms with Crippen molar-refractivity contribution in [3.05, 3.63) is 66.6 Å². The van der Waals surface area contributed by atoms with Crippen molar-refractivity contribution in [2.75, 3.05) is 26.2 Å². The fourth-order valence-electron chi connectivity index (χ4n) is 4.42. The second kappa shape index (κ2) is 13.2. The summed E-state index contributed by atoms with van der Waals surface area (Å²) < 4.78 is 5.40. The van der Waals surface area contributed by atoms with E-state index in [1.54, 1.807) is 39.2 Å². The number of pyridine rings is 1. The number of nitrogens with one attached hydrogen (secondary N) is 1. The van der Waals surface area contributed by atoms with Gasteiger partial charge < -0.3 is 25.0 Å². The first-order valence-electron chi connectivity index (χ1n) is 13.6. The Morgan fingerprint density at radius 2 is 1.62 bits per heavy atom. The van der Waals surface area contributed by atoms with Gasteiger partial charge in [0.1, 0.15) is 17.3 Å². The number of amides is 3. The molecule has 220 valence electrons. The van der Waals surface area contributed by atoms with Crippen LogP contribution in [0.3, 0.4) is 0 Å². The van der Waals surface area contributed by atoms with Crippen molar-refractivity contribution >= 4 is 23.9 Å². The van der Waals surface area contributed by atoms with Crippen LogP contribution >= 0.6 is 0 Å². The Kier molecular flexibility index (Phi) is 9.46. The quantitative estimate of drug-likeness (QED) is 0.386. The number of benzene rings is 1. The molecule has 0 bridgehead atoms. The summed E-state index contributed by atoms with van der Waals surface area (Å²) in [6.45, 7) is 5.87. The minimum absolute atomic E-state index is 0.00921. The Balaban J connectivity index is 1.60. The van der Waals surface area contributed by atoms with Gasteiger partial charge in [0, 0.05) is 56.1 Å². The van der Waals surface area contributed by atoms with Gasteiger partial charge in [0.05, 0.1) is 5.69 Å². The van der Waals surface area contributed by atoms with Crippen molar-refractivity contribution in [1.29, 1.82) is 0 Å². The van der Waals surface area contributed by atoms with E-state index in [9.17, 15) is 24.3 Å². The lowest BCUT2D eigenvalue weighted by Crippen LogP contribution is -2.55. The van der Waals surface area contributed by atoms with Crippen molar-refractivity contribution in [2.45, 2.75) is 45.3 Å². The molecule has 1 aliphatic heterocycles. The molecule has 0 saturated carbocycles. The average Bonchev–Trinajstić information content (AvgIpc) is 2.98. The van der Waals surface area contributed by atoms with E-state index < -0.39 is 35.5 Å². The van der Waals surface area contributed by atoms with Crippen molar-refractivity contribution in [3.8, 4) is 22.6 Å². The van der Waals surface area contributed by atoms with Gasteiger partial charge in [-0.3, -0.25) is 19.4 Å². The van der Waals surface area contributed by atoms with Crippen LogP contribution in [-0.4, -0.2) is 91.6 Å². The summed E-state index contributed by atoms with van der Waals surface area (Å²) in [5.74, 6) is -1.21. The van der Waals surface area contributed by atoms with Gasteiger partial charge in [0.25, 0.3) is 5.91 Å². The van der Waals surface area contributed by atoms with E-state index in [0.717, 1.165) is 0 Å². The molecule has 0 unspecified atom stereocenters. The maximum absolute atomic E-state index is 13.6. The predicted octanol–water partition coefficient (Wildman–Crippen LogP) is 3.25. The van der Waals surface area contributed by atoms with Gasteiger partial charge in [-0.05, 0) is 45.4 Å². The van der Waals surface area contributed by atoms with Gasteiger partial charge in [-0.1, -0.05) is 30.3 Å². The Hall–Kier alpha value is -4.87. The van der Waals surface area contributed by atoms with Crippen molar-refractivity contribution in [1.82, 2.24) is 30.1 Å². The first-order valence-corrected chi connectivity index (χ1v) is 13.6. The highest BCUT2D eigenvalue weighted by molar-refractivity contribution is 5.97. The molecular weight excluding hydrogens is 540 g/mol. The summed E-state index contributed by atoms with van der Waals surface area (Å²) in [6.07, 6.45) is 2.09. The number of carbonyl (C=O) groups is 4. The highest BCUT2D eigenvalue weighted by atomic mass is 16.6. The molecule has 1 aromatic carbocycles. The molecular formula is C30H34N6O6. The van der Waals surface area contributed by atoms with Crippen molar-refractivity contribution in [3.63, 3.8) is 0 Å². The summed E-state index contributed by atoms with van der Waals surface area (Å²) in [7, 11) is 0. The van der Waals surface area contributed by atoms with Crippen LogP contribution in [-0.2, 0) is 14.3 Å². The fourth-order valence-corrected chi connectivity index (χ4v) is 4.42. The lowest BCUT2D eigenvalue weighted by atomic mass is 10.1. The van der Waals surface area contributed by atoms with Crippen LogP contribution < -0.4 is 5.32 Å². The molecule has 1 aliphatic rings. The molecule has 0 spiro atoms. The number of esters is 1. The molecule has 12 nitrogen and oxygen atoms in total. The number of ether oxygens (including phenoxy) is 1. The molecule has 2 aromatic heterocycles. The molecule has 3 heterocycles. The summed E-state index contributed by atoms with van der Waals surface area (Å²) in [4.78, 5) is 67.0. The molecule has 4 rings (SSSR count). The third kappa shape index (κ3) is 8.09. The van der Waals surface area contributed by atoms with E-state index in [4.69, 9.17) is 4.74 Å². The normalized spacial score (nSPS) is 14.2. The van der Waals surface area contributed by atoms with Gasteiger partial charge >= 0.3 is 12.1 Å². The minimum atomic E-state index is -1.07. The second-order valence-corrected chi connectivity index (χ2v) is 10.8. The summed E-state index contributed by atoms with van der Waals surface area (Å²) in [5.41, 5.74) is 1.19. The monoisotopic (exact) mass is 574 g/mol. The van der Waals surface area contributed by atoms with Crippen LogP contribution in [0.15, 0.2) is 60.9 Å². The van der Waals surface area contributed by atoms with Gasteiger partial charge in [0.2, 0.25) is 5.91 Å². The highest BCUT2D eigenvalue weighted by Crippen LogP contribution is 2.22. The van der Waals surface area contributed by atoms with E-state index >= 15 is 0 Å². The second-order valence-electron chi connectivity index (χ2n) is 10.8. The van der Waals surface area contributed by atoms with Crippen LogP contribution in [0.25, 0.3) is 22.6 Å². The van der Waals surface area contributed by atoms with E-state index in [-0.39, 0.29) is 44.7 Å². The molecule has 1 saturated heterocycles. The molecule has 1 fully saturated rings. The number of hydrogen-bond acceptors (Lipinski definition) is 8. The van der Waals surface area contributed by atoms with Crippen LogP contribution in [0.4, 0.5) is 4.79 Å². The van der Waals surface area contributed by atoms with Gasteiger partial charge in [-0.25, -0.2) is 14.8 Å². The summed E-state index contributed by atoms with van der Waals surface area (Å²) >= 11 is 0. The van der Waals surface area contributed by atoms with Crippen LogP contribution in [0, 0.1) is 0 Å². The van der Waals surface area contributed by atoms with Gasteiger partial charge in [0.15, 0.2) is 5.82 Å². The number of carboxylic acid groups (broad SMARTS) is 1. The lowest BCUT2D eigenvalue weighted by molar-refractivity contribution is -0.155. The highest BCUT2D eigenvalue weighted by Gasteiger charge is 2.31. The maximum atomic E-state index is 13.6. The van der Waals surface area contributed by atoms with Crippen LogP contribution in [0.5, 0.6) is 0 Å². The zero-order chi connectivity index (χ0) is 30.3. The Bertz CT molecular complexity index is 1360. The SMILES string of the molecule is CC(C)(C)OC(=O)CC[C@H](NC(=O)c1cc(-c2cccnc2)nc(-c2ccccc2)n1)C(=O)N1CCN(C(=O)O)CC1. The number of piperazine rings is 1. The number of nitrogens with zero attached hydrogens (tertiary/aromatic N) is 5. The topological polar surface area (TPSA) is 155 Å². The molecule has 42 heavy (non-hydrogen) atoms. The third-order valence-electron chi connectivity index (χ3n) is 6.47.